The van der Waals surface area contributed by atoms with Crippen LogP contribution < -0.4 is 10.1 Å². The number of benzene rings is 2. The topological polar surface area (TPSA) is 69.0 Å². The molecule has 0 aliphatic heterocycles. The first-order valence-corrected chi connectivity index (χ1v) is 12.5. The van der Waals surface area contributed by atoms with Crippen LogP contribution in [0.15, 0.2) is 60.3 Å². The van der Waals surface area contributed by atoms with Crippen LogP contribution in [0.5, 0.6) is 5.75 Å². The van der Waals surface area contributed by atoms with Crippen LogP contribution in [0.1, 0.15) is 25.7 Å². The number of amides is 1. The SMILES string of the molecule is C=CCn1c(SCC(=O)Nc2cc(Cl)cc(Cl)c2)nnc1-c1ccc(OC2CCCC2)cc1. The van der Waals surface area contributed by atoms with Crippen LogP contribution in [-0.2, 0) is 11.3 Å². The molecule has 0 spiro atoms. The van der Waals surface area contributed by atoms with Gasteiger partial charge in [0.2, 0.25) is 5.91 Å². The Morgan fingerprint density at radius 2 is 1.85 bits per heavy atom. The van der Waals surface area contributed by atoms with Crippen molar-refractivity contribution in [3.63, 3.8) is 0 Å². The summed E-state index contributed by atoms with van der Waals surface area (Å²) in [5.41, 5.74) is 1.47. The fraction of sp³-hybridized carbons (Fsp3) is 0.292. The normalized spacial score (nSPS) is 13.8. The molecular weight excluding hydrogens is 479 g/mol. The lowest BCUT2D eigenvalue weighted by Crippen LogP contribution is -2.14. The van der Waals surface area contributed by atoms with Gasteiger partial charge in [-0.1, -0.05) is 41.0 Å². The summed E-state index contributed by atoms with van der Waals surface area (Å²) in [4.78, 5) is 12.4. The summed E-state index contributed by atoms with van der Waals surface area (Å²) in [7, 11) is 0. The Labute approximate surface area is 207 Å². The number of ether oxygens (including phenoxy) is 1. The molecule has 0 atom stereocenters. The van der Waals surface area contributed by atoms with Gasteiger partial charge in [-0.25, -0.2) is 0 Å². The quantitative estimate of drug-likeness (QED) is 0.267. The molecule has 1 aliphatic carbocycles. The number of hydrogen-bond donors (Lipinski definition) is 1. The zero-order valence-electron chi connectivity index (χ0n) is 18.0. The largest absolute Gasteiger partial charge is 0.490 e. The van der Waals surface area contributed by atoms with Gasteiger partial charge in [0.1, 0.15) is 5.75 Å². The maximum Gasteiger partial charge on any atom is 0.234 e. The maximum absolute atomic E-state index is 12.4. The van der Waals surface area contributed by atoms with Crippen LogP contribution in [-0.4, -0.2) is 32.5 Å². The zero-order valence-corrected chi connectivity index (χ0v) is 20.3. The second-order valence-electron chi connectivity index (χ2n) is 7.75. The van der Waals surface area contributed by atoms with Crippen LogP contribution in [0.4, 0.5) is 5.69 Å². The van der Waals surface area contributed by atoms with Crippen molar-refractivity contribution in [1.82, 2.24) is 14.8 Å². The molecule has 1 aliphatic rings. The lowest BCUT2D eigenvalue weighted by Gasteiger charge is -2.13. The summed E-state index contributed by atoms with van der Waals surface area (Å²) in [6.07, 6.45) is 6.80. The monoisotopic (exact) mass is 502 g/mol. The average Bonchev–Trinajstić information content (AvgIpc) is 3.43. The molecular formula is C24H24Cl2N4O2S. The van der Waals surface area contributed by atoms with Crippen molar-refractivity contribution in [3.05, 3.63) is 65.2 Å². The predicted molar refractivity (Wildman–Crippen MR) is 134 cm³/mol. The van der Waals surface area contributed by atoms with Gasteiger partial charge in [0, 0.05) is 27.8 Å². The van der Waals surface area contributed by atoms with E-state index in [9.17, 15) is 4.79 Å². The minimum Gasteiger partial charge on any atom is -0.490 e. The van der Waals surface area contributed by atoms with Gasteiger partial charge in [0.15, 0.2) is 11.0 Å². The second-order valence-corrected chi connectivity index (χ2v) is 9.56. The number of anilines is 1. The minimum atomic E-state index is -0.193. The van der Waals surface area contributed by atoms with E-state index in [1.807, 2.05) is 28.8 Å². The van der Waals surface area contributed by atoms with E-state index in [-0.39, 0.29) is 11.7 Å². The van der Waals surface area contributed by atoms with E-state index in [0.717, 1.165) is 24.2 Å². The van der Waals surface area contributed by atoms with Crippen molar-refractivity contribution in [2.75, 3.05) is 11.1 Å². The van der Waals surface area contributed by atoms with Gasteiger partial charge in [-0.15, -0.1) is 16.8 Å². The Morgan fingerprint density at radius 3 is 2.52 bits per heavy atom. The summed E-state index contributed by atoms with van der Waals surface area (Å²) in [6, 6.07) is 12.8. The fourth-order valence-electron chi connectivity index (χ4n) is 3.74. The van der Waals surface area contributed by atoms with E-state index >= 15 is 0 Å². The molecule has 1 N–H and O–H groups in total. The molecule has 0 unspecified atom stereocenters. The van der Waals surface area contributed by atoms with Gasteiger partial charge in [-0.05, 0) is 68.1 Å². The highest BCUT2D eigenvalue weighted by atomic mass is 35.5. The number of carbonyl (C=O) groups excluding carboxylic acids is 1. The van der Waals surface area contributed by atoms with Crippen molar-refractivity contribution in [2.24, 2.45) is 0 Å². The van der Waals surface area contributed by atoms with E-state index in [1.165, 1.54) is 24.6 Å². The van der Waals surface area contributed by atoms with Crippen LogP contribution >= 0.6 is 35.0 Å². The van der Waals surface area contributed by atoms with Crippen molar-refractivity contribution < 1.29 is 9.53 Å². The van der Waals surface area contributed by atoms with Crippen molar-refractivity contribution in [1.29, 1.82) is 0 Å². The molecule has 33 heavy (non-hydrogen) atoms. The van der Waals surface area contributed by atoms with Crippen LogP contribution in [0.3, 0.4) is 0 Å². The van der Waals surface area contributed by atoms with Crippen molar-refractivity contribution in [3.8, 4) is 17.1 Å². The molecule has 0 bridgehead atoms. The average molecular weight is 503 g/mol. The van der Waals surface area contributed by atoms with Crippen LogP contribution in [0.2, 0.25) is 10.0 Å². The zero-order chi connectivity index (χ0) is 23.2. The molecule has 1 amide bonds. The molecule has 6 nitrogen and oxygen atoms in total. The molecule has 3 aromatic rings. The Bertz CT molecular complexity index is 1110. The van der Waals surface area contributed by atoms with Crippen molar-refractivity contribution in [2.45, 2.75) is 43.5 Å². The minimum absolute atomic E-state index is 0.160. The highest BCUT2D eigenvalue weighted by Gasteiger charge is 2.18. The van der Waals surface area contributed by atoms with E-state index < -0.39 is 0 Å². The van der Waals surface area contributed by atoms with E-state index in [0.29, 0.717) is 39.4 Å². The number of halogens is 2. The first-order valence-electron chi connectivity index (χ1n) is 10.7. The molecule has 1 saturated carbocycles. The van der Waals surface area contributed by atoms with Gasteiger partial charge >= 0.3 is 0 Å². The Morgan fingerprint density at radius 1 is 1.15 bits per heavy atom. The molecule has 1 heterocycles. The van der Waals surface area contributed by atoms with Crippen molar-refractivity contribution >= 4 is 46.6 Å². The summed E-state index contributed by atoms with van der Waals surface area (Å²) < 4.78 is 7.99. The molecule has 172 valence electrons. The summed E-state index contributed by atoms with van der Waals surface area (Å²) in [6.45, 7) is 4.36. The first-order chi connectivity index (χ1) is 16.0. The number of thioether (sulfide) groups is 1. The highest BCUT2D eigenvalue weighted by Crippen LogP contribution is 2.28. The van der Waals surface area contributed by atoms with Gasteiger partial charge < -0.3 is 10.1 Å². The molecule has 9 heteroatoms. The smallest absolute Gasteiger partial charge is 0.234 e. The first kappa shape index (κ1) is 23.7. The molecule has 2 aromatic carbocycles. The predicted octanol–water partition coefficient (Wildman–Crippen LogP) is 6.49. The van der Waals surface area contributed by atoms with E-state index in [2.05, 4.69) is 22.1 Å². The Balaban J connectivity index is 1.42. The molecule has 1 aromatic heterocycles. The Kier molecular flexibility index (Phi) is 7.96. The number of nitrogens with one attached hydrogen (secondary N) is 1. The summed E-state index contributed by atoms with van der Waals surface area (Å²) >= 11 is 13.3. The van der Waals surface area contributed by atoms with Gasteiger partial charge in [0.25, 0.3) is 0 Å². The standard InChI is InChI=1S/C24H24Cl2N4O2S/c1-2-11-30-23(16-7-9-21(10-8-16)32-20-5-3-4-6-20)28-29-24(30)33-15-22(31)27-19-13-17(25)12-18(26)14-19/h2,7-10,12-14,20H,1,3-6,11,15H2,(H,27,31). The molecule has 0 saturated heterocycles. The number of allylic oxidation sites excluding steroid dienone is 1. The van der Waals surface area contributed by atoms with E-state index in [4.69, 9.17) is 27.9 Å². The third kappa shape index (κ3) is 6.31. The summed E-state index contributed by atoms with van der Waals surface area (Å²) in [5, 5.41) is 13.0. The van der Waals surface area contributed by atoms with Gasteiger partial charge in [-0.2, -0.15) is 0 Å². The fourth-order valence-corrected chi connectivity index (χ4v) is 5.01. The third-order valence-electron chi connectivity index (χ3n) is 5.22. The van der Waals surface area contributed by atoms with Crippen LogP contribution in [0.25, 0.3) is 11.4 Å². The second kappa shape index (κ2) is 11.1. The maximum atomic E-state index is 12.4. The highest BCUT2D eigenvalue weighted by molar-refractivity contribution is 7.99. The lowest BCUT2D eigenvalue weighted by atomic mass is 10.2. The summed E-state index contributed by atoms with van der Waals surface area (Å²) in [5.74, 6) is 1.55. The van der Waals surface area contributed by atoms with Crippen LogP contribution in [0, 0.1) is 0 Å². The number of rotatable bonds is 9. The lowest BCUT2D eigenvalue weighted by molar-refractivity contribution is -0.113. The molecule has 4 rings (SSSR count). The number of hydrogen-bond acceptors (Lipinski definition) is 5. The number of carbonyl (C=O) groups is 1. The third-order valence-corrected chi connectivity index (χ3v) is 6.63. The molecule has 1 fully saturated rings. The number of aromatic nitrogens is 3. The Hall–Kier alpha value is -2.48. The molecule has 0 radical (unpaired) electrons. The number of nitrogens with zero attached hydrogens (tertiary/aromatic N) is 3. The van der Waals surface area contributed by atoms with Gasteiger partial charge in [0.05, 0.1) is 11.9 Å². The van der Waals surface area contributed by atoms with E-state index in [1.54, 1.807) is 24.3 Å². The van der Waals surface area contributed by atoms with Gasteiger partial charge in [-0.3, -0.25) is 9.36 Å².